The van der Waals surface area contributed by atoms with E-state index < -0.39 is 5.97 Å². The normalized spacial score (nSPS) is 10.4. The molecule has 0 atom stereocenters. The third-order valence-electron chi connectivity index (χ3n) is 3.31. The van der Waals surface area contributed by atoms with E-state index in [1.807, 2.05) is 18.2 Å². The second-order valence-corrected chi connectivity index (χ2v) is 5.94. The molecule has 0 fully saturated rings. The van der Waals surface area contributed by atoms with E-state index in [2.05, 4.69) is 26.0 Å². The van der Waals surface area contributed by atoms with E-state index in [1.165, 1.54) is 20.3 Å². The number of carbonyl (C=O) groups excluding carboxylic acids is 2. The molecule has 0 aromatic heterocycles. The Kier molecular flexibility index (Phi) is 7.23. The number of para-hydroxylation sites is 1. The van der Waals surface area contributed by atoms with Crippen molar-refractivity contribution < 1.29 is 23.8 Å². The maximum atomic E-state index is 12.1. The van der Waals surface area contributed by atoms with Crippen LogP contribution in [0.25, 0.3) is 6.08 Å². The lowest BCUT2D eigenvalue weighted by Crippen LogP contribution is -2.20. The summed E-state index contributed by atoms with van der Waals surface area (Å²) in [5.41, 5.74) is 1.40. The van der Waals surface area contributed by atoms with Crippen LogP contribution in [0.15, 0.2) is 53.0 Å². The maximum absolute atomic E-state index is 12.1. The van der Waals surface area contributed by atoms with Gasteiger partial charge in [0.1, 0.15) is 0 Å². The molecule has 136 valence electrons. The van der Waals surface area contributed by atoms with Gasteiger partial charge in [0.25, 0.3) is 5.91 Å². The molecule has 0 unspecified atom stereocenters. The molecular formula is C19H18BrNO5. The molecule has 0 aliphatic carbocycles. The molecule has 1 N–H and O–H groups in total. The summed E-state index contributed by atoms with van der Waals surface area (Å²) in [6.45, 7) is -0.172. The average molecular weight is 420 g/mol. The summed E-state index contributed by atoms with van der Waals surface area (Å²) in [6.07, 6.45) is 2.90. The highest BCUT2D eigenvalue weighted by Gasteiger charge is 2.09. The van der Waals surface area contributed by atoms with Crippen LogP contribution in [0.3, 0.4) is 0 Å². The van der Waals surface area contributed by atoms with Gasteiger partial charge in [-0.25, -0.2) is 4.79 Å². The number of carbonyl (C=O) groups is 2. The third-order valence-corrected chi connectivity index (χ3v) is 4.00. The number of nitrogens with one attached hydrogen (secondary N) is 1. The van der Waals surface area contributed by atoms with Crippen molar-refractivity contribution >= 4 is 39.6 Å². The average Bonchev–Trinajstić information content (AvgIpc) is 2.66. The van der Waals surface area contributed by atoms with Crippen LogP contribution in [0.2, 0.25) is 0 Å². The van der Waals surface area contributed by atoms with Crippen molar-refractivity contribution in [2.24, 2.45) is 0 Å². The predicted octanol–water partition coefficient (Wildman–Crippen LogP) is 3.66. The molecule has 0 saturated heterocycles. The molecule has 0 aliphatic heterocycles. The Labute approximate surface area is 159 Å². The molecule has 0 saturated carbocycles. The summed E-state index contributed by atoms with van der Waals surface area (Å²) in [5, 5.41) is 2.75. The number of rotatable bonds is 7. The zero-order valence-electron chi connectivity index (χ0n) is 14.3. The van der Waals surface area contributed by atoms with Crippen LogP contribution < -0.4 is 14.8 Å². The van der Waals surface area contributed by atoms with Crippen molar-refractivity contribution in [3.8, 4) is 11.5 Å². The minimum absolute atomic E-state index is 0.172. The summed E-state index contributed by atoms with van der Waals surface area (Å²) >= 11 is 3.37. The Bertz CT molecular complexity index is 819. The molecule has 2 aromatic rings. The van der Waals surface area contributed by atoms with Crippen LogP contribution in [-0.2, 0) is 14.3 Å². The van der Waals surface area contributed by atoms with Crippen LogP contribution in [0.1, 0.15) is 5.56 Å². The van der Waals surface area contributed by atoms with Gasteiger partial charge in [0, 0.05) is 10.5 Å². The second kappa shape index (κ2) is 9.62. The van der Waals surface area contributed by atoms with Crippen LogP contribution >= 0.6 is 15.9 Å². The van der Waals surface area contributed by atoms with Gasteiger partial charge in [-0.15, -0.1) is 0 Å². The van der Waals surface area contributed by atoms with Gasteiger partial charge in [0.2, 0.25) is 0 Å². The van der Waals surface area contributed by atoms with E-state index in [9.17, 15) is 9.59 Å². The Morgan fingerprint density at radius 1 is 1.12 bits per heavy atom. The first-order valence-corrected chi connectivity index (χ1v) is 8.44. The standard InChI is InChI=1S/C19H18BrNO5/c1-24-17-11-13(8-10-19(23)25-2)7-9-16(17)26-12-18(22)21-15-6-4-3-5-14(15)20/h3-11H,12H2,1-2H3,(H,21,22)/b10-8+. The first-order chi connectivity index (χ1) is 12.5. The zero-order valence-corrected chi connectivity index (χ0v) is 15.9. The van der Waals surface area contributed by atoms with Crippen molar-refractivity contribution in [2.75, 3.05) is 26.1 Å². The highest BCUT2D eigenvalue weighted by atomic mass is 79.9. The first-order valence-electron chi connectivity index (χ1n) is 7.64. The molecule has 0 radical (unpaired) electrons. The molecule has 1 amide bonds. The number of amides is 1. The molecular weight excluding hydrogens is 402 g/mol. The number of methoxy groups -OCH3 is 2. The van der Waals surface area contributed by atoms with Gasteiger partial charge in [0.05, 0.1) is 19.9 Å². The third kappa shape index (κ3) is 5.63. The highest BCUT2D eigenvalue weighted by molar-refractivity contribution is 9.10. The quantitative estimate of drug-likeness (QED) is 0.547. The Morgan fingerprint density at radius 3 is 2.58 bits per heavy atom. The van der Waals surface area contributed by atoms with Gasteiger partial charge in [-0.3, -0.25) is 4.79 Å². The fraction of sp³-hybridized carbons (Fsp3) is 0.158. The monoisotopic (exact) mass is 419 g/mol. The SMILES string of the molecule is COC(=O)/C=C/c1ccc(OCC(=O)Nc2ccccc2Br)c(OC)c1. The van der Waals surface area contributed by atoms with Gasteiger partial charge in [-0.1, -0.05) is 18.2 Å². The molecule has 0 aliphatic rings. The van der Waals surface area contributed by atoms with Gasteiger partial charge in [0.15, 0.2) is 18.1 Å². The van der Waals surface area contributed by atoms with Gasteiger partial charge in [-0.2, -0.15) is 0 Å². The maximum Gasteiger partial charge on any atom is 0.330 e. The summed E-state index contributed by atoms with van der Waals surface area (Å²) in [5.74, 6) is 0.123. The summed E-state index contributed by atoms with van der Waals surface area (Å²) < 4.78 is 16.1. The molecule has 26 heavy (non-hydrogen) atoms. The molecule has 0 heterocycles. The number of hydrogen-bond acceptors (Lipinski definition) is 5. The largest absolute Gasteiger partial charge is 0.493 e. The van der Waals surface area contributed by atoms with Crippen LogP contribution in [0, 0.1) is 0 Å². The predicted molar refractivity (Wildman–Crippen MR) is 102 cm³/mol. The lowest BCUT2D eigenvalue weighted by molar-refractivity contribution is -0.134. The zero-order chi connectivity index (χ0) is 18.9. The number of esters is 1. The smallest absolute Gasteiger partial charge is 0.330 e. The lowest BCUT2D eigenvalue weighted by atomic mass is 10.2. The van der Waals surface area contributed by atoms with Crippen LogP contribution in [-0.4, -0.2) is 32.7 Å². The van der Waals surface area contributed by atoms with Crippen molar-refractivity contribution in [1.29, 1.82) is 0 Å². The van der Waals surface area contributed by atoms with E-state index in [1.54, 1.807) is 30.3 Å². The fourth-order valence-corrected chi connectivity index (χ4v) is 2.42. The van der Waals surface area contributed by atoms with E-state index in [0.717, 1.165) is 10.0 Å². The van der Waals surface area contributed by atoms with Crippen LogP contribution in [0.5, 0.6) is 11.5 Å². The molecule has 2 rings (SSSR count). The minimum atomic E-state index is -0.451. The number of benzene rings is 2. The van der Waals surface area contributed by atoms with Crippen molar-refractivity contribution in [3.63, 3.8) is 0 Å². The molecule has 7 heteroatoms. The number of hydrogen-bond donors (Lipinski definition) is 1. The Balaban J connectivity index is 2.00. The van der Waals surface area contributed by atoms with E-state index in [4.69, 9.17) is 9.47 Å². The lowest BCUT2D eigenvalue weighted by Gasteiger charge is -2.12. The van der Waals surface area contributed by atoms with Crippen molar-refractivity contribution in [2.45, 2.75) is 0 Å². The van der Waals surface area contributed by atoms with Crippen LogP contribution in [0.4, 0.5) is 5.69 Å². The molecule has 0 bridgehead atoms. The molecule has 2 aromatic carbocycles. The van der Waals surface area contributed by atoms with Gasteiger partial charge < -0.3 is 19.5 Å². The summed E-state index contributed by atoms with van der Waals surface area (Å²) in [7, 11) is 2.81. The second-order valence-electron chi connectivity index (χ2n) is 5.08. The van der Waals surface area contributed by atoms with E-state index in [0.29, 0.717) is 17.2 Å². The van der Waals surface area contributed by atoms with E-state index >= 15 is 0 Å². The van der Waals surface area contributed by atoms with Crippen molar-refractivity contribution in [3.05, 3.63) is 58.6 Å². The van der Waals surface area contributed by atoms with E-state index in [-0.39, 0.29) is 12.5 Å². The topological polar surface area (TPSA) is 73.9 Å². The molecule has 6 nitrogen and oxygen atoms in total. The number of anilines is 1. The Morgan fingerprint density at radius 2 is 1.88 bits per heavy atom. The number of halogens is 1. The van der Waals surface area contributed by atoms with Gasteiger partial charge in [-0.05, 0) is 51.8 Å². The minimum Gasteiger partial charge on any atom is -0.493 e. The number of ether oxygens (including phenoxy) is 3. The summed E-state index contributed by atoms with van der Waals surface area (Å²) in [6, 6.07) is 12.4. The Hall–Kier alpha value is -2.80. The highest BCUT2D eigenvalue weighted by Crippen LogP contribution is 2.28. The molecule has 0 spiro atoms. The fourth-order valence-electron chi connectivity index (χ4n) is 2.03. The first kappa shape index (κ1) is 19.5. The van der Waals surface area contributed by atoms with Gasteiger partial charge >= 0.3 is 5.97 Å². The summed E-state index contributed by atoms with van der Waals surface area (Å²) in [4.78, 5) is 23.2. The van der Waals surface area contributed by atoms with Crippen molar-refractivity contribution in [1.82, 2.24) is 0 Å².